The van der Waals surface area contributed by atoms with E-state index in [1.54, 1.807) is 0 Å². The number of aliphatic hydroxyl groups is 1. The molecule has 0 radical (unpaired) electrons. The molecule has 1 aliphatic rings. The lowest BCUT2D eigenvalue weighted by molar-refractivity contribution is -0.145. The van der Waals surface area contributed by atoms with E-state index in [0.29, 0.717) is 32.1 Å². The van der Waals surface area contributed by atoms with Gasteiger partial charge in [-0.25, -0.2) is 0 Å². The minimum absolute atomic E-state index is 0.0199. The number of carbonyl (C=O) groups excluding carboxylic acids is 3. The van der Waals surface area contributed by atoms with Gasteiger partial charge in [0.25, 0.3) is 0 Å². The number of nitrogens with one attached hydrogen (secondary N) is 2. The van der Waals surface area contributed by atoms with Crippen molar-refractivity contribution >= 4 is 17.8 Å². The van der Waals surface area contributed by atoms with Crippen molar-refractivity contribution in [3.63, 3.8) is 0 Å². The van der Waals surface area contributed by atoms with E-state index in [1.807, 2.05) is 56.3 Å². The van der Waals surface area contributed by atoms with Crippen LogP contribution in [0.3, 0.4) is 0 Å². The average molecular weight is 445 g/mol. The molecule has 0 saturated carbocycles. The van der Waals surface area contributed by atoms with Crippen LogP contribution in [0.15, 0.2) is 42.5 Å². The molecule has 0 spiro atoms. The Balaban J connectivity index is 2.03. The molecule has 0 fully saturated rings. The second-order valence-corrected chi connectivity index (χ2v) is 8.68. The topological polar surface area (TPSA) is 105 Å². The van der Waals surface area contributed by atoms with Crippen molar-refractivity contribution in [3.05, 3.63) is 48.0 Å². The van der Waals surface area contributed by atoms with Crippen molar-refractivity contribution in [2.24, 2.45) is 11.8 Å². The fraction of sp³-hybridized carbons (Fsp3) is 0.560. The predicted octanol–water partition coefficient (Wildman–Crippen LogP) is 2.53. The molecule has 0 aliphatic carbocycles. The molecule has 176 valence electrons. The number of hydrogen-bond donors (Lipinski definition) is 3. The quantitative estimate of drug-likeness (QED) is 0.443. The van der Waals surface area contributed by atoms with Crippen LogP contribution in [0, 0.1) is 11.8 Å². The Bertz CT molecular complexity index is 763. The molecule has 1 aromatic rings. The van der Waals surface area contributed by atoms with E-state index in [2.05, 4.69) is 10.6 Å². The maximum atomic E-state index is 13.0. The molecule has 3 N–H and O–H groups in total. The Morgan fingerprint density at radius 2 is 1.97 bits per heavy atom. The van der Waals surface area contributed by atoms with Crippen molar-refractivity contribution in [1.29, 1.82) is 0 Å². The van der Waals surface area contributed by atoms with Gasteiger partial charge in [-0.15, -0.1) is 0 Å². The smallest absolute Gasteiger partial charge is 0.305 e. The van der Waals surface area contributed by atoms with Gasteiger partial charge in [0.2, 0.25) is 11.8 Å². The average Bonchev–Trinajstić information content (AvgIpc) is 2.78. The summed E-state index contributed by atoms with van der Waals surface area (Å²) in [7, 11) is 0. The van der Waals surface area contributed by atoms with Crippen LogP contribution in [-0.4, -0.2) is 48.2 Å². The van der Waals surface area contributed by atoms with Crippen LogP contribution in [-0.2, 0) is 25.5 Å². The molecule has 0 aromatic heterocycles. The molecule has 2 rings (SSSR count). The number of rotatable bonds is 7. The van der Waals surface area contributed by atoms with Gasteiger partial charge in [-0.3, -0.25) is 14.4 Å². The maximum Gasteiger partial charge on any atom is 0.305 e. The predicted molar refractivity (Wildman–Crippen MR) is 123 cm³/mol. The van der Waals surface area contributed by atoms with Crippen molar-refractivity contribution in [2.75, 3.05) is 13.2 Å². The minimum atomic E-state index is -0.542. The van der Waals surface area contributed by atoms with Crippen LogP contribution in [0.2, 0.25) is 0 Å². The third-order valence-electron chi connectivity index (χ3n) is 5.61. The number of benzene rings is 1. The third kappa shape index (κ3) is 9.22. The van der Waals surface area contributed by atoms with Gasteiger partial charge in [0.05, 0.1) is 24.6 Å². The Hall–Kier alpha value is -2.67. The molecule has 1 aliphatic heterocycles. The van der Waals surface area contributed by atoms with Crippen LogP contribution in [0.4, 0.5) is 0 Å². The first kappa shape index (κ1) is 25.6. The molecule has 0 saturated heterocycles. The Morgan fingerprint density at radius 3 is 2.66 bits per heavy atom. The summed E-state index contributed by atoms with van der Waals surface area (Å²) in [5.41, 5.74) is 1.02. The fourth-order valence-corrected chi connectivity index (χ4v) is 3.55. The van der Waals surface area contributed by atoms with Gasteiger partial charge in [0.1, 0.15) is 6.61 Å². The van der Waals surface area contributed by atoms with Crippen molar-refractivity contribution < 1.29 is 24.2 Å². The van der Waals surface area contributed by atoms with Crippen molar-refractivity contribution in [2.45, 2.75) is 64.5 Å². The summed E-state index contributed by atoms with van der Waals surface area (Å²) >= 11 is 0. The minimum Gasteiger partial charge on any atom is -0.463 e. The standard InChI is InChI=1S/C25H36N2O5/c1-18(2)22-17-32-24(30)13-9-4-3-8-12-20(25(31)27-22)15-23(29)26-21(16-28)14-19-10-6-5-7-11-19/h3,5-8,10-11,18,20-22,28H,4,9,12-17H2,1-2H3,(H,26,29)(H,27,31)/t20-,21-,22-/m1/s1. The fourth-order valence-electron chi connectivity index (χ4n) is 3.55. The Morgan fingerprint density at radius 1 is 1.22 bits per heavy atom. The summed E-state index contributed by atoms with van der Waals surface area (Å²) in [6.07, 6.45) is 6.56. The van der Waals surface area contributed by atoms with Crippen LogP contribution >= 0.6 is 0 Å². The first-order valence-electron chi connectivity index (χ1n) is 11.4. The summed E-state index contributed by atoms with van der Waals surface area (Å²) in [4.78, 5) is 37.6. The third-order valence-corrected chi connectivity index (χ3v) is 5.61. The molecular weight excluding hydrogens is 408 g/mol. The molecule has 1 heterocycles. The highest BCUT2D eigenvalue weighted by Gasteiger charge is 2.26. The number of aliphatic hydroxyl groups excluding tert-OH is 1. The highest BCUT2D eigenvalue weighted by Crippen LogP contribution is 2.15. The van der Waals surface area contributed by atoms with E-state index < -0.39 is 12.0 Å². The van der Waals surface area contributed by atoms with E-state index in [-0.39, 0.29) is 49.4 Å². The zero-order valence-corrected chi connectivity index (χ0v) is 19.1. The normalized spacial score (nSPS) is 21.5. The van der Waals surface area contributed by atoms with Crippen LogP contribution in [0.5, 0.6) is 0 Å². The molecule has 2 amide bonds. The summed E-state index contributed by atoms with van der Waals surface area (Å²) in [5, 5.41) is 15.5. The van der Waals surface area contributed by atoms with Gasteiger partial charge in [0, 0.05) is 12.8 Å². The monoisotopic (exact) mass is 444 g/mol. The molecule has 7 heteroatoms. The van der Waals surface area contributed by atoms with E-state index in [9.17, 15) is 19.5 Å². The number of esters is 1. The zero-order valence-electron chi connectivity index (χ0n) is 19.1. The van der Waals surface area contributed by atoms with Crippen molar-refractivity contribution in [3.8, 4) is 0 Å². The van der Waals surface area contributed by atoms with Crippen LogP contribution in [0.1, 0.15) is 51.5 Å². The van der Waals surface area contributed by atoms with E-state index in [4.69, 9.17) is 4.74 Å². The van der Waals surface area contributed by atoms with E-state index in [0.717, 1.165) is 5.56 Å². The van der Waals surface area contributed by atoms with Crippen molar-refractivity contribution in [1.82, 2.24) is 10.6 Å². The summed E-state index contributed by atoms with van der Waals surface area (Å²) in [6.45, 7) is 3.85. The largest absolute Gasteiger partial charge is 0.463 e. The van der Waals surface area contributed by atoms with Gasteiger partial charge >= 0.3 is 5.97 Å². The number of carbonyl (C=O) groups is 3. The first-order chi connectivity index (χ1) is 15.4. The Kier molecular flexibility index (Phi) is 10.9. The lowest BCUT2D eigenvalue weighted by Gasteiger charge is -2.25. The lowest BCUT2D eigenvalue weighted by Crippen LogP contribution is -2.46. The number of hydrogen-bond acceptors (Lipinski definition) is 5. The van der Waals surface area contributed by atoms with Crippen LogP contribution < -0.4 is 10.6 Å². The van der Waals surface area contributed by atoms with E-state index in [1.165, 1.54) is 0 Å². The first-order valence-corrected chi connectivity index (χ1v) is 11.4. The second-order valence-electron chi connectivity index (χ2n) is 8.68. The lowest BCUT2D eigenvalue weighted by atomic mass is 9.96. The van der Waals surface area contributed by atoms with Gasteiger partial charge in [-0.2, -0.15) is 0 Å². The highest BCUT2D eigenvalue weighted by molar-refractivity contribution is 5.86. The maximum absolute atomic E-state index is 13.0. The molecule has 32 heavy (non-hydrogen) atoms. The van der Waals surface area contributed by atoms with Gasteiger partial charge in [0.15, 0.2) is 0 Å². The number of ether oxygens (including phenoxy) is 1. The summed E-state index contributed by atoms with van der Waals surface area (Å²) in [5.74, 6) is -1.23. The number of allylic oxidation sites excluding steroid dienone is 2. The van der Waals surface area contributed by atoms with Crippen LogP contribution in [0.25, 0.3) is 0 Å². The van der Waals surface area contributed by atoms with E-state index >= 15 is 0 Å². The Labute approximate surface area is 190 Å². The van der Waals surface area contributed by atoms with Gasteiger partial charge < -0.3 is 20.5 Å². The molecule has 3 atom stereocenters. The second kappa shape index (κ2) is 13.7. The SMILES string of the molecule is CC(C)[C@H]1COC(=O)CCCC=CC[C@H](CC(=O)N[C@@H](CO)Cc2ccccc2)C(=O)N1. The molecule has 7 nitrogen and oxygen atoms in total. The number of cyclic esters (lactones) is 1. The molecule has 1 aromatic carbocycles. The highest BCUT2D eigenvalue weighted by atomic mass is 16.5. The number of amides is 2. The molecular formula is C25H36N2O5. The summed E-state index contributed by atoms with van der Waals surface area (Å²) < 4.78 is 5.33. The molecule has 0 bridgehead atoms. The van der Waals surface area contributed by atoms with Gasteiger partial charge in [-0.05, 0) is 37.2 Å². The molecule has 0 unspecified atom stereocenters. The van der Waals surface area contributed by atoms with Gasteiger partial charge in [-0.1, -0.05) is 56.3 Å². The zero-order chi connectivity index (χ0) is 23.3. The summed E-state index contributed by atoms with van der Waals surface area (Å²) in [6, 6.07) is 8.91.